The molecule has 3 N–H and O–H groups in total. The van der Waals surface area contributed by atoms with Gasteiger partial charge in [0.05, 0.1) is 0 Å². The summed E-state index contributed by atoms with van der Waals surface area (Å²) in [5, 5.41) is 29.3. The number of hydrogen-bond donors (Lipinski definition) is 3. The third-order valence-corrected chi connectivity index (χ3v) is 5.72. The molecule has 164 valence electrons. The summed E-state index contributed by atoms with van der Waals surface area (Å²) in [5.41, 5.74) is 2.88. The molecule has 0 fully saturated rings. The summed E-state index contributed by atoms with van der Waals surface area (Å²) in [5.74, 6) is 0.479. The van der Waals surface area contributed by atoms with Crippen LogP contribution in [-0.4, -0.2) is 15.3 Å². The van der Waals surface area contributed by atoms with Gasteiger partial charge >= 0.3 is 0 Å². The highest BCUT2D eigenvalue weighted by Gasteiger charge is 2.05. The molecule has 0 aliphatic rings. The molecule has 0 aliphatic carbocycles. The summed E-state index contributed by atoms with van der Waals surface area (Å²) < 4.78 is 0. The number of aryl methyl sites for hydroxylation is 3. The van der Waals surface area contributed by atoms with Gasteiger partial charge in [-0.3, -0.25) is 0 Å². The van der Waals surface area contributed by atoms with Crippen LogP contribution >= 0.6 is 0 Å². The molecule has 2 aromatic carbocycles. The van der Waals surface area contributed by atoms with E-state index in [0.717, 1.165) is 61.6 Å². The Kier molecular flexibility index (Phi) is 10.9. The van der Waals surface area contributed by atoms with Crippen molar-refractivity contribution >= 4 is 0 Å². The van der Waals surface area contributed by atoms with E-state index in [1.54, 1.807) is 6.07 Å². The molecule has 0 amide bonds. The lowest BCUT2D eigenvalue weighted by atomic mass is 10.0. The average Bonchev–Trinajstić information content (AvgIpc) is 2.74. The third-order valence-electron chi connectivity index (χ3n) is 5.72. The second kappa shape index (κ2) is 13.7. The van der Waals surface area contributed by atoms with Crippen molar-refractivity contribution in [3.63, 3.8) is 0 Å². The number of phenols is 3. The van der Waals surface area contributed by atoms with Crippen LogP contribution in [0.4, 0.5) is 0 Å². The molecule has 3 heteroatoms. The Morgan fingerprint density at radius 3 is 1.77 bits per heavy atom. The van der Waals surface area contributed by atoms with Crippen molar-refractivity contribution in [1.82, 2.24) is 0 Å². The van der Waals surface area contributed by atoms with Crippen molar-refractivity contribution in [1.29, 1.82) is 0 Å². The highest BCUT2D eigenvalue weighted by atomic mass is 16.3. The Morgan fingerprint density at radius 2 is 1.10 bits per heavy atom. The fourth-order valence-corrected chi connectivity index (χ4v) is 3.80. The van der Waals surface area contributed by atoms with Crippen LogP contribution in [-0.2, 0) is 12.8 Å². The van der Waals surface area contributed by atoms with E-state index < -0.39 is 0 Å². The number of aromatic hydroxyl groups is 3. The first-order valence-corrected chi connectivity index (χ1v) is 11.5. The molecule has 3 nitrogen and oxygen atoms in total. The molecule has 0 aromatic heterocycles. The Hall–Kier alpha value is -2.42. The molecular weight excluding hydrogens is 372 g/mol. The topological polar surface area (TPSA) is 60.7 Å². The summed E-state index contributed by atoms with van der Waals surface area (Å²) in [6.45, 7) is 1.95. The van der Waals surface area contributed by atoms with E-state index in [1.807, 2.05) is 31.2 Å². The van der Waals surface area contributed by atoms with E-state index in [0.29, 0.717) is 5.75 Å². The van der Waals surface area contributed by atoms with Crippen LogP contribution in [0.15, 0.2) is 48.6 Å². The zero-order chi connectivity index (χ0) is 21.6. The van der Waals surface area contributed by atoms with Crippen LogP contribution in [0.1, 0.15) is 80.9 Å². The second-order valence-electron chi connectivity index (χ2n) is 8.24. The average molecular weight is 411 g/mol. The molecule has 0 aliphatic heterocycles. The highest BCUT2D eigenvalue weighted by Crippen LogP contribution is 2.29. The summed E-state index contributed by atoms with van der Waals surface area (Å²) in [6, 6.07) is 11.2. The minimum atomic E-state index is -0.0268. The lowest BCUT2D eigenvalue weighted by Gasteiger charge is -2.06. The first kappa shape index (κ1) is 23.9. The Balaban J connectivity index is 1.41. The predicted molar refractivity (Wildman–Crippen MR) is 125 cm³/mol. The first-order chi connectivity index (χ1) is 14.6. The number of unbranched alkanes of at least 4 members (excludes halogenated alkanes) is 8. The molecule has 2 rings (SSSR count). The van der Waals surface area contributed by atoms with Gasteiger partial charge in [-0.25, -0.2) is 0 Å². The van der Waals surface area contributed by atoms with Gasteiger partial charge in [-0.15, -0.1) is 0 Å². The maximum atomic E-state index is 10.0. The number of para-hydroxylation sites is 2. The van der Waals surface area contributed by atoms with Crippen LogP contribution in [0.5, 0.6) is 17.2 Å². The van der Waals surface area contributed by atoms with Gasteiger partial charge in [0.2, 0.25) is 0 Å². The lowest BCUT2D eigenvalue weighted by Crippen LogP contribution is -1.89. The SMILES string of the molecule is Cc1cccc(CCCCCCCC=CCCCCCc2cccc(O)c2O)c1O. The molecular formula is C27H38O3. The van der Waals surface area contributed by atoms with E-state index in [9.17, 15) is 15.3 Å². The smallest absolute Gasteiger partial charge is 0.160 e. The Morgan fingerprint density at radius 1 is 0.600 bits per heavy atom. The van der Waals surface area contributed by atoms with Crippen molar-refractivity contribution in [2.75, 3.05) is 0 Å². The van der Waals surface area contributed by atoms with Gasteiger partial charge in [0, 0.05) is 0 Å². The molecule has 0 unspecified atom stereocenters. The summed E-state index contributed by atoms with van der Waals surface area (Å²) >= 11 is 0. The normalized spacial score (nSPS) is 11.4. The highest BCUT2D eigenvalue weighted by molar-refractivity contribution is 5.44. The van der Waals surface area contributed by atoms with Gasteiger partial charge in [-0.05, 0) is 81.0 Å². The van der Waals surface area contributed by atoms with E-state index in [2.05, 4.69) is 12.2 Å². The van der Waals surface area contributed by atoms with Gasteiger partial charge in [-0.2, -0.15) is 0 Å². The molecule has 0 heterocycles. The van der Waals surface area contributed by atoms with Gasteiger partial charge in [0.1, 0.15) is 5.75 Å². The molecule has 0 bridgehead atoms. The van der Waals surface area contributed by atoms with Crippen LogP contribution in [0.3, 0.4) is 0 Å². The Bertz CT molecular complexity index is 780. The van der Waals surface area contributed by atoms with Crippen molar-refractivity contribution < 1.29 is 15.3 Å². The molecule has 30 heavy (non-hydrogen) atoms. The largest absolute Gasteiger partial charge is 0.507 e. The van der Waals surface area contributed by atoms with E-state index >= 15 is 0 Å². The van der Waals surface area contributed by atoms with Crippen LogP contribution in [0.25, 0.3) is 0 Å². The molecule has 2 aromatic rings. The molecule has 0 saturated heterocycles. The number of phenolic OH excluding ortho intramolecular Hbond substituents is 3. The third kappa shape index (κ3) is 8.52. The molecule has 0 atom stereocenters. The second-order valence-corrected chi connectivity index (χ2v) is 8.24. The summed E-state index contributed by atoms with van der Waals surface area (Å²) in [7, 11) is 0. The van der Waals surface area contributed by atoms with E-state index in [1.165, 1.54) is 38.2 Å². The minimum absolute atomic E-state index is 0.0268. The van der Waals surface area contributed by atoms with E-state index in [4.69, 9.17) is 0 Å². The maximum Gasteiger partial charge on any atom is 0.160 e. The lowest BCUT2D eigenvalue weighted by molar-refractivity contribution is 0.398. The van der Waals surface area contributed by atoms with Crippen LogP contribution in [0, 0.1) is 6.92 Å². The van der Waals surface area contributed by atoms with Crippen molar-refractivity contribution in [3.05, 3.63) is 65.2 Å². The number of rotatable bonds is 14. The number of benzene rings is 2. The van der Waals surface area contributed by atoms with Gasteiger partial charge in [0.25, 0.3) is 0 Å². The monoisotopic (exact) mass is 410 g/mol. The van der Waals surface area contributed by atoms with Gasteiger partial charge < -0.3 is 15.3 Å². The molecule has 0 saturated carbocycles. The summed E-state index contributed by atoms with van der Waals surface area (Å²) in [4.78, 5) is 0. The van der Waals surface area contributed by atoms with Crippen molar-refractivity contribution in [3.8, 4) is 17.2 Å². The number of hydrogen-bond acceptors (Lipinski definition) is 3. The van der Waals surface area contributed by atoms with Gasteiger partial charge in [0.15, 0.2) is 11.5 Å². The fourth-order valence-electron chi connectivity index (χ4n) is 3.80. The fraction of sp³-hybridized carbons (Fsp3) is 0.481. The molecule has 0 radical (unpaired) electrons. The Labute approximate surface area is 182 Å². The zero-order valence-corrected chi connectivity index (χ0v) is 18.4. The van der Waals surface area contributed by atoms with Gasteiger partial charge in [-0.1, -0.05) is 68.2 Å². The minimum Gasteiger partial charge on any atom is -0.507 e. The predicted octanol–water partition coefficient (Wildman–Crippen LogP) is 7.35. The zero-order valence-electron chi connectivity index (χ0n) is 18.4. The van der Waals surface area contributed by atoms with Crippen molar-refractivity contribution in [2.24, 2.45) is 0 Å². The van der Waals surface area contributed by atoms with Crippen LogP contribution < -0.4 is 0 Å². The van der Waals surface area contributed by atoms with Crippen LogP contribution in [0.2, 0.25) is 0 Å². The molecule has 0 spiro atoms. The quantitative estimate of drug-likeness (QED) is 0.173. The van der Waals surface area contributed by atoms with Crippen molar-refractivity contribution in [2.45, 2.75) is 84.0 Å². The first-order valence-electron chi connectivity index (χ1n) is 11.5. The van der Waals surface area contributed by atoms with E-state index in [-0.39, 0.29) is 11.5 Å². The number of allylic oxidation sites excluding steroid dienone is 2. The standard InChI is InChI=1S/C27H38O3/c1-22-16-14-19-23(26(22)29)17-12-10-8-6-4-2-3-5-7-9-11-13-18-24-20-15-21-25(28)27(24)30/h3,5,14-16,19-21,28-30H,2,4,6-13,17-18H2,1H3. The maximum absolute atomic E-state index is 10.0. The summed E-state index contributed by atoms with van der Waals surface area (Å²) in [6.07, 6.45) is 18.2.